The minimum Gasteiger partial charge on any atom is -0.399 e. The molecule has 7 rings (SSSR count). The average molecular weight is 616 g/mol. The first-order valence-corrected chi connectivity index (χ1v) is 15.3. The molecular weight excluding hydrogens is 580 g/mol. The summed E-state index contributed by atoms with van der Waals surface area (Å²) >= 11 is 0. The van der Waals surface area contributed by atoms with Gasteiger partial charge in [-0.05, 0) is 80.2 Å². The van der Waals surface area contributed by atoms with E-state index in [1.165, 1.54) is 19.1 Å². The highest BCUT2D eigenvalue weighted by Gasteiger charge is 2.80. The Hall–Kier alpha value is -3.68. The van der Waals surface area contributed by atoms with Crippen molar-refractivity contribution < 1.29 is 38.1 Å². The van der Waals surface area contributed by atoms with E-state index >= 15 is 8.78 Å². The van der Waals surface area contributed by atoms with Crippen LogP contribution in [0.3, 0.4) is 0 Å². The summed E-state index contributed by atoms with van der Waals surface area (Å²) in [5.41, 5.74) is 1.92. The molecule has 3 saturated carbocycles. The zero-order chi connectivity index (χ0) is 31.9. The fraction of sp³-hybridized carbons (Fsp3) is 0.444. The number of nitrogens with two attached hydrogens (primary N) is 1. The summed E-state index contributed by atoms with van der Waals surface area (Å²) in [5, 5.41) is 21.8. The molecule has 1 saturated heterocycles. The van der Waals surface area contributed by atoms with E-state index in [1.807, 2.05) is 12.1 Å². The molecule has 0 amide bonds. The highest BCUT2D eigenvalue weighted by molar-refractivity contribution is 6.01. The van der Waals surface area contributed by atoms with Crippen LogP contribution in [0.25, 0.3) is 0 Å². The number of Topliss-reactive ketones (excluding diaryl/α,β-unsaturated/α-hetero) is 1. The molecule has 9 heteroatoms. The molecule has 4 aliphatic carbocycles. The predicted octanol–water partition coefficient (Wildman–Crippen LogP) is 4.31. The summed E-state index contributed by atoms with van der Waals surface area (Å²) in [7, 11) is 0. The molecule has 2 aromatic rings. The van der Waals surface area contributed by atoms with Gasteiger partial charge in [0, 0.05) is 39.1 Å². The quantitative estimate of drug-likeness (QED) is 0.348. The molecule has 5 aliphatic rings. The Labute approximate surface area is 260 Å². The Balaban J connectivity index is 1.21. The van der Waals surface area contributed by atoms with Crippen molar-refractivity contribution in [3.8, 4) is 11.8 Å². The number of alkyl halides is 2. The van der Waals surface area contributed by atoms with Gasteiger partial charge in [0.15, 0.2) is 29.1 Å². The summed E-state index contributed by atoms with van der Waals surface area (Å²) in [6, 6.07) is 14.4. The maximum Gasteiger partial charge on any atom is 0.193 e. The van der Waals surface area contributed by atoms with Crippen LogP contribution in [0.1, 0.15) is 56.1 Å². The number of carbonyl (C=O) groups excluding carboxylic acids is 2. The van der Waals surface area contributed by atoms with Crippen LogP contribution in [0, 0.1) is 34.5 Å². The van der Waals surface area contributed by atoms with Crippen molar-refractivity contribution in [1.82, 2.24) is 0 Å². The molecule has 0 unspecified atom stereocenters. The second-order valence-electron chi connectivity index (χ2n) is 13.5. The summed E-state index contributed by atoms with van der Waals surface area (Å²) in [4.78, 5) is 25.8. The number of fused-ring (bicyclic) bond motifs is 7. The average Bonchev–Trinajstić information content (AvgIpc) is 3.52. The third-order valence-corrected chi connectivity index (χ3v) is 11.3. The molecular formula is C36H35F2NO6. The number of ether oxygens (including phenoxy) is 2. The van der Waals surface area contributed by atoms with Crippen molar-refractivity contribution in [2.75, 3.05) is 12.3 Å². The minimum absolute atomic E-state index is 0.0318. The molecule has 10 atom stereocenters. The summed E-state index contributed by atoms with van der Waals surface area (Å²) in [6.45, 7) is 2.45. The van der Waals surface area contributed by atoms with Crippen molar-refractivity contribution in [2.45, 2.75) is 69.0 Å². The van der Waals surface area contributed by atoms with E-state index in [2.05, 4.69) is 11.8 Å². The van der Waals surface area contributed by atoms with Gasteiger partial charge in [-0.25, -0.2) is 8.78 Å². The number of aliphatic hydroxyl groups excluding tert-OH is 2. The fourth-order valence-electron chi connectivity index (χ4n) is 9.20. The van der Waals surface area contributed by atoms with E-state index in [-0.39, 0.29) is 24.8 Å². The number of hydrogen-bond donors (Lipinski definition) is 3. The van der Waals surface area contributed by atoms with Gasteiger partial charge in [-0.15, -0.1) is 0 Å². The molecule has 4 N–H and O–H groups in total. The van der Waals surface area contributed by atoms with E-state index < -0.39 is 76.8 Å². The Kier molecular flexibility index (Phi) is 6.77. The van der Waals surface area contributed by atoms with Crippen molar-refractivity contribution in [1.29, 1.82) is 0 Å². The molecule has 0 aromatic heterocycles. The molecule has 0 bridgehead atoms. The predicted molar refractivity (Wildman–Crippen MR) is 161 cm³/mol. The van der Waals surface area contributed by atoms with Crippen molar-refractivity contribution in [3.05, 3.63) is 89.0 Å². The minimum atomic E-state index is -2.30. The van der Waals surface area contributed by atoms with E-state index in [4.69, 9.17) is 15.2 Å². The number of nitrogen functional groups attached to an aromatic ring is 1. The molecule has 7 nitrogen and oxygen atoms in total. The van der Waals surface area contributed by atoms with Gasteiger partial charge in [-0.3, -0.25) is 9.59 Å². The number of benzene rings is 2. The Morgan fingerprint density at radius 1 is 1.09 bits per heavy atom. The molecule has 0 spiro atoms. The van der Waals surface area contributed by atoms with Crippen molar-refractivity contribution in [3.63, 3.8) is 0 Å². The van der Waals surface area contributed by atoms with Crippen LogP contribution in [0.2, 0.25) is 0 Å². The van der Waals surface area contributed by atoms with E-state index in [1.54, 1.807) is 43.3 Å². The topological polar surface area (TPSA) is 119 Å². The summed E-state index contributed by atoms with van der Waals surface area (Å²) in [6.07, 6.45) is -1.54. The number of hydrogen-bond acceptors (Lipinski definition) is 7. The van der Waals surface area contributed by atoms with Gasteiger partial charge in [0.2, 0.25) is 0 Å². The highest BCUT2D eigenvalue weighted by atomic mass is 19.1. The van der Waals surface area contributed by atoms with Gasteiger partial charge in [0.05, 0.1) is 12.2 Å². The lowest BCUT2D eigenvalue weighted by Crippen LogP contribution is -2.70. The van der Waals surface area contributed by atoms with E-state index in [0.717, 1.165) is 17.2 Å². The number of halogens is 2. The zero-order valence-corrected chi connectivity index (χ0v) is 25.0. The lowest BCUT2D eigenvalue weighted by molar-refractivity contribution is -0.235. The van der Waals surface area contributed by atoms with Crippen LogP contribution >= 0.6 is 0 Å². The number of ketones is 2. The highest BCUT2D eigenvalue weighted by Crippen LogP contribution is 2.72. The number of rotatable bonds is 3. The third-order valence-electron chi connectivity index (χ3n) is 11.3. The Morgan fingerprint density at radius 3 is 2.53 bits per heavy atom. The van der Waals surface area contributed by atoms with Crippen LogP contribution in [-0.4, -0.2) is 58.0 Å². The van der Waals surface area contributed by atoms with Crippen LogP contribution in [-0.2, 0) is 19.1 Å². The number of carbonyl (C=O) groups is 2. The normalized spacial score (nSPS) is 41.2. The van der Waals surface area contributed by atoms with Gasteiger partial charge in [0.1, 0.15) is 12.8 Å². The SMILES string of the molecule is C[C@]12C=CC(=O)C=C1[C@@H](F)C[C@H]1[C@@H]3C[C@H]4O[C@@H](c5ccc(C#Cc6cccc(N)c6)cc5)O[C@@]4(C(=O)CO)[C@@]3(C)C[C@H](O)[C@@]12F. The van der Waals surface area contributed by atoms with E-state index in [0.29, 0.717) is 11.3 Å². The van der Waals surface area contributed by atoms with Gasteiger partial charge in [-0.1, -0.05) is 43.0 Å². The molecule has 1 aliphatic heterocycles. The lowest BCUT2D eigenvalue weighted by atomic mass is 9.44. The Morgan fingerprint density at radius 2 is 1.82 bits per heavy atom. The van der Waals surface area contributed by atoms with Gasteiger partial charge >= 0.3 is 0 Å². The Bertz CT molecular complexity index is 1710. The smallest absolute Gasteiger partial charge is 0.193 e. The molecule has 234 valence electrons. The summed E-state index contributed by atoms with van der Waals surface area (Å²) < 4.78 is 46.2. The van der Waals surface area contributed by atoms with Gasteiger partial charge in [0.25, 0.3) is 0 Å². The monoisotopic (exact) mass is 615 g/mol. The fourth-order valence-corrected chi connectivity index (χ4v) is 9.20. The second-order valence-corrected chi connectivity index (χ2v) is 13.5. The number of aliphatic hydroxyl groups is 2. The van der Waals surface area contributed by atoms with Crippen LogP contribution < -0.4 is 5.73 Å². The zero-order valence-electron chi connectivity index (χ0n) is 25.0. The largest absolute Gasteiger partial charge is 0.399 e. The molecule has 1 heterocycles. The number of allylic oxidation sites excluding steroid dienone is 4. The maximum atomic E-state index is 17.5. The van der Waals surface area contributed by atoms with Crippen molar-refractivity contribution in [2.24, 2.45) is 22.7 Å². The van der Waals surface area contributed by atoms with Gasteiger partial charge < -0.3 is 25.4 Å². The van der Waals surface area contributed by atoms with Gasteiger partial charge in [-0.2, -0.15) is 0 Å². The molecule has 45 heavy (non-hydrogen) atoms. The van der Waals surface area contributed by atoms with Crippen LogP contribution in [0.5, 0.6) is 0 Å². The summed E-state index contributed by atoms with van der Waals surface area (Å²) in [5.74, 6) is 3.52. The second kappa shape index (κ2) is 10.2. The number of anilines is 1. The van der Waals surface area contributed by atoms with Crippen molar-refractivity contribution >= 4 is 17.3 Å². The first-order valence-electron chi connectivity index (χ1n) is 15.3. The maximum absolute atomic E-state index is 17.5. The first kappa shape index (κ1) is 30.0. The molecule has 0 radical (unpaired) electrons. The standard InChI is InChI=1S/C36H35F2NO6/c1-33-13-12-24(41)15-27(33)28(37)16-26-25-17-31-36(30(43)19-40,34(25,2)18-29(42)35(26,33)38)45-32(44-31)22-10-8-20(9-11-22)6-7-21-4-3-5-23(39)14-21/h3-5,8-15,25-26,28-29,31-32,40,42H,16-19,39H2,1-2H3/t25-,26-,28-,29-,31+,32+,33-,34-,35-,36+/m0/s1. The van der Waals surface area contributed by atoms with Crippen LogP contribution in [0.4, 0.5) is 14.5 Å². The third kappa shape index (κ3) is 4.02. The molecule has 2 aromatic carbocycles. The lowest BCUT2D eigenvalue weighted by Gasteiger charge is -2.63. The first-order chi connectivity index (χ1) is 21.4. The van der Waals surface area contributed by atoms with E-state index in [9.17, 15) is 19.8 Å². The van der Waals surface area contributed by atoms with Crippen LogP contribution in [0.15, 0.2) is 72.3 Å². The molecule has 4 fully saturated rings.